The maximum absolute atomic E-state index is 11.3. The Labute approximate surface area is 102 Å². The number of nitrogens with zero attached hydrogens (tertiary/aromatic N) is 3. The molecular weight excluding hydrogens is 240 g/mol. The van der Waals surface area contributed by atoms with Gasteiger partial charge in [0.15, 0.2) is 0 Å². The molecule has 2 aromatic rings. The van der Waals surface area contributed by atoms with Crippen molar-refractivity contribution in [2.45, 2.75) is 6.54 Å². The topological polar surface area (TPSA) is 71.3 Å². The van der Waals surface area contributed by atoms with Crippen LogP contribution in [0.1, 0.15) is 5.89 Å². The second-order valence-corrected chi connectivity index (χ2v) is 4.48. The molecule has 0 unspecified atom stereocenters. The molecule has 0 aliphatic rings. The number of thiophene rings is 1. The molecule has 0 aliphatic heterocycles. The first-order chi connectivity index (χ1) is 8.16. The number of nitrogens with one attached hydrogen (secondary N) is 1. The smallest absolute Gasteiger partial charge is 0.317 e. The van der Waals surface area contributed by atoms with Crippen molar-refractivity contribution >= 4 is 17.4 Å². The minimum Gasteiger partial charge on any atom is -0.418 e. The van der Waals surface area contributed by atoms with Gasteiger partial charge in [-0.15, -0.1) is 21.5 Å². The largest absolute Gasteiger partial charge is 0.418 e. The van der Waals surface area contributed by atoms with Crippen LogP contribution < -0.4 is 5.32 Å². The van der Waals surface area contributed by atoms with Crippen LogP contribution >= 0.6 is 11.3 Å². The van der Waals surface area contributed by atoms with E-state index in [9.17, 15) is 4.79 Å². The van der Waals surface area contributed by atoms with E-state index in [4.69, 9.17) is 4.42 Å². The van der Waals surface area contributed by atoms with Crippen molar-refractivity contribution in [2.75, 3.05) is 14.1 Å². The highest BCUT2D eigenvalue weighted by atomic mass is 32.1. The first kappa shape index (κ1) is 11.6. The van der Waals surface area contributed by atoms with Gasteiger partial charge in [0.2, 0.25) is 5.89 Å². The first-order valence-electron chi connectivity index (χ1n) is 4.98. The molecule has 2 amide bonds. The van der Waals surface area contributed by atoms with E-state index in [0.717, 1.165) is 4.88 Å². The third-order valence-corrected chi connectivity index (χ3v) is 2.85. The minimum absolute atomic E-state index is 0.194. The summed E-state index contributed by atoms with van der Waals surface area (Å²) in [5.74, 6) is 0.873. The van der Waals surface area contributed by atoms with E-state index >= 15 is 0 Å². The second kappa shape index (κ2) is 4.96. The second-order valence-electron chi connectivity index (χ2n) is 3.53. The fourth-order valence-corrected chi connectivity index (χ4v) is 1.78. The summed E-state index contributed by atoms with van der Waals surface area (Å²) in [5.41, 5.74) is 0. The van der Waals surface area contributed by atoms with E-state index in [1.165, 1.54) is 16.2 Å². The van der Waals surface area contributed by atoms with Crippen molar-refractivity contribution in [3.8, 4) is 10.8 Å². The van der Waals surface area contributed by atoms with E-state index < -0.39 is 0 Å². The van der Waals surface area contributed by atoms with E-state index in [-0.39, 0.29) is 12.6 Å². The molecule has 2 aromatic heterocycles. The fourth-order valence-electron chi connectivity index (χ4n) is 1.13. The molecule has 7 heteroatoms. The lowest BCUT2D eigenvalue weighted by Gasteiger charge is -2.09. The standard InChI is InChI=1S/C10H12N4O2S/c1-14(2)10(15)11-6-8-12-13-9(16-8)7-4-3-5-17-7/h3-5H,6H2,1-2H3,(H,11,15). The van der Waals surface area contributed by atoms with E-state index in [0.29, 0.717) is 11.8 Å². The summed E-state index contributed by atoms with van der Waals surface area (Å²) in [5, 5.41) is 12.4. The lowest BCUT2D eigenvalue weighted by Crippen LogP contribution is -2.34. The molecule has 0 spiro atoms. The number of hydrogen-bond donors (Lipinski definition) is 1. The molecule has 0 aliphatic carbocycles. The number of urea groups is 1. The van der Waals surface area contributed by atoms with Crippen LogP contribution in [0.3, 0.4) is 0 Å². The van der Waals surface area contributed by atoms with E-state index in [1.807, 2.05) is 17.5 Å². The maximum atomic E-state index is 11.3. The summed E-state index contributed by atoms with van der Waals surface area (Å²) in [6.45, 7) is 0.232. The quantitative estimate of drug-likeness (QED) is 0.900. The van der Waals surface area contributed by atoms with Gasteiger partial charge in [-0.25, -0.2) is 4.79 Å². The molecule has 2 rings (SSSR count). The van der Waals surface area contributed by atoms with Crippen LogP contribution in [0.15, 0.2) is 21.9 Å². The van der Waals surface area contributed by atoms with Gasteiger partial charge in [-0.05, 0) is 11.4 Å². The van der Waals surface area contributed by atoms with Crippen LogP contribution in [0.2, 0.25) is 0 Å². The predicted octanol–water partition coefficient (Wildman–Crippen LogP) is 1.57. The van der Waals surface area contributed by atoms with Crippen molar-refractivity contribution in [3.63, 3.8) is 0 Å². The average molecular weight is 252 g/mol. The van der Waals surface area contributed by atoms with Gasteiger partial charge in [-0.1, -0.05) is 6.07 Å². The Morgan fingerprint density at radius 1 is 1.53 bits per heavy atom. The number of carbonyl (C=O) groups excluding carboxylic acids is 1. The molecule has 90 valence electrons. The van der Waals surface area contributed by atoms with Crippen molar-refractivity contribution in [2.24, 2.45) is 0 Å². The minimum atomic E-state index is -0.194. The first-order valence-corrected chi connectivity index (χ1v) is 5.86. The summed E-state index contributed by atoms with van der Waals surface area (Å²) in [6.07, 6.45) is 0. The number of carbonyl (C=O) groups is 1. The average Bonchev–Trinajstić information content (AvgIpc) is 2.95. The van der Waals surface area contributed by atoms with E-state index in [1.54, 1.807) is 14.1 Å². The normalized spacial score (nSPS) is 10.2. The summed E-state index contributed by atoms with van der Waals surface area (Å²) in [4.78, 5) is 13.6. The molecule has 0 saturated heterocycles. The zero-order chi connectivity index (χ0) is 12.3. The Morgan fingerprint density at radius 3 is 3.00 bits per heavy atom. The molecule has 0 atom stereocenters. The molecule has 17 heavy (non-hydrogen) atoms. The number of aromatic nitrogens is 2. The summed E-state index contributed by atoms with van der Waals surface area (Å²) < 4.78 is 5.41. The zero-order valence-corrected chi connectivity index (χ0v) is 10.3. The molecule has 0 bridgehead atoms. The molecule has 1 N–H and O–H groups in total. The van der Waals surface area contributed by atoms with Gasteiger partial charge in [0.05, 0.1) is 11.4 Å². The molecule has 0 aromatic carbocycles. The maximum Gasteiger partial charge on any atom is 0.317 e. The highest BCUT2D eigenvalue weighted by molar-refractivity contribution is 7.13. The van der Waals surface area contributed by atoms with Gasteiger partial charge in [0.25, 0.3) is 5.89 Å². The summed E-state index contributed by atoms with van der Waals surface area (Å²) >= 11 is 1.53. The van der Waals surface area contributed by atoms with Crippen LogP contribution in [0.25, 0.3) is 10.8 Å². The van der Waals surface area contributed by atoms with Gasteiger partial charge >= 0.3 is 6.03 Å². The van der Waals surface area contributed by atoms with Crippen LogP contribution in [0, 0.1) is 0 Å². The Kier molecular flexibility index (Phi) is 3.38. The molecule has 0 radical (unpaired) electrons. The highest BCUT2D eigenvalue weighted by Crippen LogP contribution is 2.22. The summed E-state index contributed by atoms with van der Waals surface area (Å²) in [7, 11) is 3.33. The van der Waals surface area contributed by atoms with Gasteiger partial charge in [0.1, 0.15) is 0 Å². The molecule has 0 fully saturated rings. The Morgan fingerprint density at radius 2 is 2.35 bits per heavy atom. The number of hydrogen-bond acceptors (Lipinski definition) is 5. The van der Waals surface area contributed by atoms with Gasteiger partial charge in [-0.2, -0.15) is 0 Å². The lowest BCUT2D eigenvalue weighted by atomic mass is 10.5. The van der Waals surface area contributed by atoms with Gasteiger partial charge < -0.3 is 14.6 Å². The SMILES string of the molecule is CN(C)C(=O)NCc1nnc(-c2cccs2)o1. The summed E-state index contributed by atoms with van der Waals surface area (Å²) in [6, 6.07) is 3.62. The molecule has 0 saturated carbocycles. The highest BCUT2D eigenvalue weighted by Gasteiger charge is 2.10. The van der Waals surface area contributed by atoms with Crippen molar-refractivity contribution < 1.29 is 9.21 Å². The Balaban J connectivity index is 1.97. The monoisotopic (exact) mass is 252 g/mol. The van der Waals surface area contributed by atoms with Gasteiger partial charge in [-0.3, -0.25) is 0 Å². The fraction of sp³-hybridized carbons (Fsp3) is 0.300. The Bertz CT molecular complexity index is 492. The van der Waals surface area contributed by atoms with Gasteiger partial charge in [0, 0.05) is 14.1 Å². The van der Waals surface area contributed by atoms with E-state index in [2.05, 4.69) is 15.5 Å². The Hall–Kier alpha value is -1.89. The molecule has 2 heterocycles. The van der Waals surface area contributed by atoms with Crippen LogP contribution in [-0.4, -0.2) is 35.2 Å². The molecule has 6 nitrogen and oxygen atoms in total. The van der Waals surface area contributed by atoms with Crippen LogP contribution in [-0.2, 0) is 6.54 Å². The zero-order valence-electron chi connectivity index (χ0n) is 9.51. The van der Waals surface area contributed by atoms with Crippen molar-refractivity contribution in [3.05, 3.63) is 23.4 Å². The predicted molar refractivity (Wildman–Crippen MR) is 63.5 cm³/mol. The lowest BCUT2D eigenvalue weighted by molar-refractivity contribution is 0.216. The third kappa shape index (κ3) is 2.82. The number of rotatable bonds is 3. The van der Waals surface area contributed by atoms with Crippen LogP contribution in [0.5, 0.6) is 0 Å². The molecular formula is C10H12N4O2S. The van der Waals surface area contributed by atoms with Crippen LogP contribution in [0.4, 0.5) is 4.79 Å². The van der Waals surface area contributed by atoms with Crippen molar-refractivity contribution in [1.29, 1.82) is 0 Å². The number of amides is 2. The van der Waals surface area contributed by atoms with Crippen molar-refractivity contribution in [1.82, 2.24) is 20.4 Å². The third-order valence-electron chi connectivity index (χ3n) is 2.00.